The predicted molar refractivity (Wildman–Crippen MR) is 146 cm³/mol. The third-order valence-electron chi connectivity index (χ3n) is 7.93. The van der Waals surface area contributed by atoms with E-state index in [1.54, 1.807) is 0 Å². The maximum absolute atomic E-state index is 13.0. The summed E-state index contributed by atoms with van der Waals surface area (Å²) in [6.07, 6.45) is 25.8. The monoisotopic (exact) mass is 494 g/mol. The number of carbonyl (C=O) groups is 2. The van der Waals surface area contributed by atoms with Crippen LogP contribution in [0, 0.1) is 11.3 Å². The Balaban J connectivity index is 2.21. The van der Waals surface area contributed by atoms with Crippen molar-refractivity contribution < 1.29 is 19.1 Å². The lowest BCUT2D eigenvalue weighted by atomic mass is 9.67. The second-order valence-electron chi connectivity index (χ2n) is 11.2. The molecule has 1 aliphatic carbocycles. The molecular formula is C31H58O4. The van der Waals surface area contributed by atoms with Gasteiger partial charge in [-0.2, -0.15) is 0 Å². The van der Waals surface area contributed by atoms with Gasteiger partial charge in [-0.3, -0.25) is 9.59 Å². The number of rotatable bonds is 22. The van der Waals surface area contributed by atoms with Gasteiger partial charge in [0.15, 0.2) is 0 Å². The molecule has 0 aliphatic heterocycles. The molecule has 1 aliphatic rings. The number of carbonyl (C=O) groups excluding carboxylic acids is 2. The first-order valence-corrected chi connectivity index (χ1v) is 15.4. The largest absolute Gasteiger partial charge is 0.465 e. The molecule has 0 heterocycles. The minimum atomic E-state index is -0.729. The van der Waals surface area contributed by atoms with Gasteiger partial charge in [-0.1, -0.05) is 129 Å². The molecule has 4 heteroatoms. The van der Waals surface area contributed by atoms with Gasteiger partial charge in [0.1, 0.15) is 0 Å². The topological polar surface area (TPSA) is 52.6 Å². The molecule has 0 spiro atoms. The molecule has 0 aromatic carbocycles. The molecule has 2 atom stereocenters. The summed E-state index contributed by atoms with van der Waals surface area (Å²) >= 11 is 0. The SMILES string of the molecule is CCCCCCCCCCCOC(=O)C1CCCCC1(C)C(=O)OCCCCCCCCCCC. The molecule has 4 nitrogen and oxygen atoms in total. The summed E-state index contributed by atoms with van der Waals surface area (Å²) in [6.45, 7) is 7.38. The van der Waals surface area contributed by atoms with Crippen LogP contribution in [0.5, 0.6) is 0 Å². The van der Waals surface area contributed by atoms with Crippen molar-refractivity contribution in [1.82, 2.24) is 0 Å². The summed E-state index contributed by atoms with van der Waals surface area (Å²) in [4.78, 5) is 25.8. The van der Waals surface area contributed by atoms with Crippen molar-refractivity contribution in [3.8, 4) is 0 Å². The summed E-state index contributed by atoms with van der Waals surface area (Å²) in [6, 6.07) is 0. The minimum absolute atomic E-state index is 0.188. The molecule has 35 heavy (non-hydrogen) atoms. The van der Waals surface area contributed by atoms with Gasteiger partial charge in [-0.15, -0.1) is 0 Å². The fraction of sp³-hybridized carbons (Fsp3) is 0.935. The zero-order valence-corrected chi connectivity index (χ0v) is 23.7. The first-order chi connectivity index (χ1) is 17.1. The average molecular weight is 495 g/mol. The standard InChI is InChI=1S/C31H58O4/c1-4-6-8-10-12-14-16-18-22-26-34-29(32)28-24-20-21-25-31(28,3)30(33)35-27-23-19-17-15-13-11-9-7-5-2/h28H,4-27H2,1-3H3. The molecule has 0 N–H and O–H groups in total. The Morgan fingerprint density at radius 1 is 0.629 bits per heavy atom. The summed E-state index contributed by atoms with van der Waals surface area (Å²) in [7, 11) is 0. The van der Waals surface area contributed by atoms with Gasteiger partial charge in [-0.05, 0) is 32.6 Å². The van der Waals surface area contributed by atoms with Gasteiger partial charge in [-0.25, -0.2) is 0 Å². The van der Waals surface area contributed by atoms with E-state index in [0.717, 1.165) is 51.4 Å². The molecule has 0 amide bonds. The van der Waals surface area contributed by atoms with E-state index in [4.69, 9.17) is 9.47 Å². The van der Waals surface area contributed by atoms with Crippen LogP contribution in [0.3, 0.4) is 0 Å². The summed E-state index contributed by atoms with van der Waals surface area (Å²) in [5.41, 5.74) is -0.729. The number of hydrogen-bond donors (Lipinski definition) is 0. The predicted octanol–water partition coefficient (Wildman–Crippen LogP) is 9.33. The first kappa shape index (κ1) is 32.0. The second-order valence-corrected chi connectivity index (χ2v) is 11.2. The fourth-order valence-corrected chi connectivity index (χ4v) is 5.38. The van der Waals surface area contributed by atoms with Crippen molar-refractivity contribution >= 4 is 11.9 Å². The maximum Gasteiger partial charge on any atom is 0.312 e. The zero-order valence-electron chi connectivity index (χ0n) is 23.7. The van der Waals surface area contributed by atoms with E-state index in [-0.39, 0.29) is 17.9 Å². The lowest BCUT2D eigenvalue weighted by molar-refractivity contribution is -0.172. The van der Waals surface area contributed by atoms with Crippen LogP contribution in [0.2, 0.25) is 0 Å². The number of ether oxygens (including phenoxy) is 2. The van der Waals surface area contributed by atoms with E-state index in [1.807, 2.05) is 6.92 Å². The highest BCUT2D eigenvalue weighted by molar-refractivity contribution is 5.85. The Morgan fingerprint density at radius 2 is 1.06 bits per heavy atom. The van der Waals surface area contributed by atoms with Crippen molar-refractivity contribution in [2.24, 2.45) is 11.3 Å². The van der Waals surface area contributed by atoms with E-state index in [9.17, 15) is 9.59 Å². The van der Waals surface area contributed by atoms with Crippen LogP contribution in [0.4, 0.5) is 0 Å². The van der Waals surface area contributed by atoms with Crippen molar-refractivity contribution in [2.75, 3.05) is 13.2 Å². The molecule has 0 radical (unpaired) electrons. The third-order valence-corrected chi connectivity index (χ3v) is 7.93. The molecule has 0 aromatic heterocycles. The normalized spacial score (nSPS) is 20.0. The number of hydrogen-bond acceptors (Lipinski definition) is 4. The molecule has 0 bridgehead atoms. The first-order valence-electron chi connectivity index (χ1n) is 15.4. The number of esters is 2. The summed E-state index contributed by atoms with van der Waals surface area (Å²) in [5.74, 6) is -0.737. The van der Waals surface area contributed by atoms with E-state index in [0.29, 0.717) is 13.2 Å². The van der Waals surface area contributed by atoms with E-state index in [1.165, 1.54) is 89.9 Å². The quantitative estimate of drug-likeness (QED) is 0.111. The Hall–Kier alpha value is -1.06. The van der Waals surface area contributed by atoms with Crippen molar-refractivity contribution in [2.45, 2.75) is 162 Å². The molecule has 0 saturated heterocycles. The average Bonchev–Trinajstić information content (AvgIpc) is 2.86. The Labute approximate surface area is 217 Å². The molecule has 1 fully saturated rings. The minimum Gasteiger partial charge on any atom is -0.465 e. The molecule has 0 aromatic rings. The highest BCUT2D eigenvalue weighted by atomic mass is 16.5. The van der Waals surface area contributed by atoms with Gasteiger partial charge < -0.3 is 9.47 Å². The van der Waals surface area contributed by atoms with E-state index >= 15 is 0 Å². The summed E-state index contributed by atoms with van der Waals surface area (Å²) < 4.78 is 11.3. The second kappa shape index (κ2) is 21.1. The highest BCUT2D eigenvalue weighted by Crippen LogP contribution is 2.43. The van der Waals surface area contributed by atoms with Gasteiger partial charge >= 0.3 is 11.9 Å². The lowest BCUT2D eigenvalue weighted by Crippen LogP contribution is -2.44. The fourth-order valence-electron chi connectivity index (χ4n) is 5.38. The van der Waals surface area contributed by atoms with Gasteiger partial charge in [0, 0.05) is 0 Å². The van der Waals surface area contributed by atoms with Crippen LogP contribution in [-0.2, 0) is 19.1 Å². The van der Waals surface area contributed by atoms with Crippen molar-refractivity contribution in [3.63, 3.8) is 0 Å². The van der Waals surface area contributed by atoms with Gasteiger partial charge in [0.05, 0.1) is 24.5 Å². The van der Waals surface area contributed by atoms with Crippen LogP contribution < -0.4 is 0 Å². The van der Waals surface area contributed by atoms with Gasteiger partial charge in [0.25, 0.3) is 0 Å². The maximum atomic E-state index is 13.0. The van der Waals surface area contributed by atoms with Crippen LogP contribution in [0.15, 0.2) is 0 Å². The highest BCUT2D eigenvalue weighted by Gasteiger charge is 2.48. The Bertz CT molecular complexity index is 532. The zero-order chi connectivity index (χ0) is 25.6. The molecule has 206 valence electrons. The molecular weight excluding hydrogens is 436 g/mol. The van der Waals surface area contributed by atoms with E-state index in [2.05, 4.69) is 13.8 Å². The smallest absolute Gasteiger partial charge is 0.312 e. The lowest BCUT2D eigenvalue weighted by Gasteiger charge is -2.37. The van der Waals surface area contributed by atoms with Crippen molar-refractivity contribution in [3.05, 3.63) is 0 Å². The van der Waals surface area contributed by atoms with Crippen LogP contribution >= 0.6 is 0 Å². The Morgan fingerprint density at radius 3 is 1.54 bits per heavy atom. The molecule has 1 rings (SSSR count). The van der Waals surface area contributed by atoms with Gasteiger partial charge in [0.2, 0.25) is 0 Å². The van der Waals surface area contributed by atoms with Crippen LogP contribution in [0.1, 0.15) is 162 Å². The molecule has 2 unspecified atom stereocenters. The van der Waals surface area contributed by atoms with Crippen LogP contribution in [-0.4, -0.2) is 25.2 Å². The van der Waals surface area contributed by atoms with E-state index < -0.39 is 5.41 Å². The van der Waals surface area contributed by atoms with Crippen LogP contribution in [0.25, 0.3) is 0 Å². The summed E-state index contributed by atoms with van der Waals surface area (Å²) in [5, 5.41) is 0. The third kappa shape index (κ3) is 14.3. The number of unbranched alkanes of at least 4 members (excludes halogenated alkanes) is 16. The molecule has 1 saturated carbocycles. The Kier molecular flexibility index (Phi) is 19.2. The van der Waals surface area contributed by atoms with Crippen molar-refractivity contribution in [1.29, 1.82) is 0 Å².